The highest BCUT2D eigenvalue weighted by molar-refractivity contribution is 7.88. The van der Waals surface area contributed by atoms with E-state index < -0.39 is 28.1 Å². The molecule has 9 heteroatoms. The number of amides is 1. The summed E-state index contributed by atoms with van der Waals surface area (Å²) in [6.45, 7) is -0.244. The van der Waals surface area contributed by atoms with Crippen molar-refractivity contribution in [3.8, 4) is 0 Å². The standard InChI is InChI=1S/C8H13F3N2O3S/c1-17(15,16)12-6-3-2-4-13(5-6)7(14)8(9,10)11/h6,12H,2-5H2,1H3. The number of rotatable bonds is 2. The van der Waals surface area contributed by atoms with Crippen molar-refractivity contribution < 1.29 is 26.4 Å². The monoisotopic (exact) mass is 274 g/mol. The van der Waals surface area contributed by atoms with Crippen LogP contribution in [0.5, 0.6) is 0 Å². The number of halogens is 3. The average molecular weight is 274 g/mol. The van der Waals surface area contributed by atoms with E-state index in [1.807, 2.05) is 0 Å². The second kappa shape index (κ2) is 4.81. The number of nitrogens with zero attached hydrogens (tertiary/aromatic N) is 1. The maximum atomic E-state index is 12.2. The Morgan fingerprint density at radius 3 is 2.47 bits per heavy atom. The summed E-state index contributed by atoms with van der Waals surface area (Å²) in [5.41, 5.74) is 0. The molecule has 17 heavy (non-hydrogen) atoms. The summed E-state index contributed by atoms with van der Waals surface area (Å²) in [5.74, 6) is -1.92. The van der Waals surface area contributed by atoms with Gasteiger partial charge in [-0.2, -0.15) is 13.2 Å². The Balaban J connectivity index is 2.64. The fourth-order valence-corrected chi connectivity index (χ4v) is 2.54. The molecule has 1 unspecified atom stereocenters. The first kappa shape index (κ1) is 14.2. The van der Waals surface area contributed by atoms with E-state index in [4.69, 9.17) is 0 Å². The molecule has 1 rings (SSSR count). The molecule has 1 N–H and O–H groups in total. The van der Waals surface area contributed by atoms with Gasteiger partial charge in [-0.1, -0.05) is 0 Å². The average Bonchev–Trinajstić information content (AvgIpc) is 2.12. The van der Waals surface area contributed by atoms with Gasteiger partial charge < -0.3 is 4.90 Å². The Morgan fingerprint density at radius 2 is 2.00 bits per heavy atom. The van der Waals surface area contributed by atoms with Gasteiger partial charge in [0.1, 0.15) is 0 Å². The number of sulfonamides is 1. The molecule has 0 aromatic rings. The Labute approximate surface area is 97.0 Å². The molecule has 1 heterocycles. The lowest BCUT2D eigenvalue weighted by Gasteiger charge is -2.33. The molecule has 5 nitrogen and oxygen atoms in total. The predicted molar refractivity (Wildman–Crippen MR) is 53.6 cm³/mol. The molecular formula is C8H13F3N2O3S. The summed E-state index contributed by atoms with van der Waals surface area (Å²) in [7, 11) is -3.48. The molecule has 0 aromatic carbocycles. The van der Waals surface area contributed by atoms with Crippen LogP contribution in [0.4, 0.5) is 13.2 Å². The van der Waals surface area contributed by atoms with Crippen LogP contribution in [0, 0.1) is 0 Å². The summed E-state index contributed by atoms with van der Waals surface area (Å²) >= 11 is 0. The second-order valence-electron chi connectivity index (χ2n) is 3.98. The zero-order valence-corrected chi connectivity index (χ0v) is 9.94. The molecule has 1 saturated heterocycles. The van der Waals surface area contributed by atoms with E-state index in [1.165, 1.54) is 0 Å². The van der Waals surface area contributed by atoms with Crippen LogP contribution in [0.2, 0.25) is 0 Å². The van der Waals surface area contributed by atoms with Crippen LogP contribution in [-0.4, -0.2) is 50.8 Å². The lowest BCUT2D eigenvalue weighted by Crippen LogP contribution is -2.52. The molecule has 0 aromatic heterocycles. The van der Waals surface area contributed by atoms with Gasteiger partial charge >= 0.3 is 12.1 Å². The fraction of sp³-hybridized carbons (Fsp3) is 0.875. The Bertz CT molecular complexity index is 393. The second-order valence-corrected chi connectivity index (χ2v) is 5.76. The first-order chi connectivity index (χ1) is 7.59. The van der Waals surface area contributed by atoms with E-state index in [2.05, 4.69) is 4.72 Å². The topological polar surface area (TPSA) is 66.5 Å². The van der Waals surface area contributed by atoms with Gasteiger partial charge in [-0.3, -0.25) is 4.79 Å². The number of alkyl halides is 3. The van der Waals surface area contributed by atoms with Crippen LogP contribution >= 0.6 is 0 Å². The zero-order chi connectivity index (χ0) is 13.3. The molecule has 0 saturated carbocycles. The van der Waals surface area contributed by atoms with Crippen molar-refractivity contribution in [1.82, 2.24) is 9.62 Å². The quantitative estimate of drug-likeness (QED) is 0.776. The van der Waals surface area contributed by atoms with Crippen LogP contribution in [-0.2, 0) is 14.8 Å². The number of hydrogen-bond acceptors (Lipinski definition) is 3. The van der Waals surface area contributed by atoms with Crippen molar-refractivity contribution in [2.75, 3.05) is 19.3 Å². The number of piperidine rings is 1. The lowest BCUT2D eigenvalue weighted by molar-refractivity contribution is -0.186. The van der Waals surface area contributed by atoms with Gasteiger partial charge in [0.05, 0.1) is 6.26 Å². The summed E-state index contributed by atoms with van der Waals surface area (Å²) in [6.07, 6.45) is -3.21. The molecule has 1 aliphatic heterocycles. The molecule has 1 fully saturated rings. The van der Waals surface area contributed by atoms with Crippen LogP contribution in [0.3, 0.4) is 0 Å². The number of carbonyl (C=O) groups excluding carboxylic acids is 1. The van der Waals surface area contributed by atoms with Crippen molar-refractivity contribution in [1.29, 1.82) is 0 Å². The maximum absolute atomic E-state index is 12.2. The van der Waals surface area contributed by atoms with Gasteiger partial charge in [-0.15, -0.1) is 0 Å². The highest BCUT2D eigenvalue weighted by Gasteiger charge is 2.43. The number of nitrogens with one attached hydrogen (secondary N) is 1. The zero-order valence-electron chi connectivity index (χ0n) is 9.12. The van der Waals surface area contributed by atoms with Gasteiger partial charge in [0.2, 0.25) is 10.0 Å². The van der Waals surface area contributed by atoms with E-state index >= 15 is 0 Å². The van der Waals surface area contributed by atoms with Crippen LogP contribution < -0.4 is 4.72 Å². The van der Waals surface area contributed by atoms with Crippen molar-refractivity contribution in [3.05, 3.63) is 0 Å². The minimum Gasteiger partial charge on any atom is -0.333 e. The van der Waals surface area contributed by atoms with E-state index in [9.17, 15) is 26.4 Å². The van der Waals surface area contributed by atoms with Crippen LogP contribution in [0.25, 0.3) is 0 Å². The Kier molecular flexibility index (Phi) is 4.03. The summed E-state index contributed by atoms with van der Waals surface area (Å²) in [5, 5.41) is 0. The van der Waals surface area contributed by atoms with Crippen molar-refractivity contribution in [2.24, 2.45) is 0 Å². The lowest BCUT2D eigenvalue weighted by atomic mass is 10.1. The highest BCUT2D eigenvalue weighted by atomic mass is 32.2. The first-order valence-electron chi connectivity index (χ1n) is 4.93. The number of hydrogen-bond donors (Lipinski definition) is 1. The third-order valence-corrected chi connectivity index (χ3v) is 3.09. The molecular weight excluding hydrogens is 261 g/mol. The molecule has 1 atom stereocenters. The molecule has 0 aliphatic carbocycles. The number of likely N-dealkylation sites (tertiary alicyclic amines) is 1. The van der Waals surface area contributed by atoms with Crippen LogP contribution in [0.15, 0.2) is 0 Å². The molecule has 0 radical (unpaired) electrons. The van der Waals surface area contributed by atoms with Crippen LogP contribution in [0.1, 0.15) is 12.8 Å². The number of carbonyl (C=O) groups is 1. The van der Waals surface area contributed by atoms with Gasteiger partial charge in [-0.25, -0.2) is 13.1 Å². The highest BCUT2D eigenvalue weighted by Crippen LogP contribution is 2.21. The predicted octanol–water partition coefficient (Wildman–Crippen LogP) is 0.0889. The smallest absolute Gasteiger partial charge is 0.333 e. The van der Waals surface area contributed by atoms with Gasteiger partial charge in [-0.05, 0) is 12.8 Å². The summed E-state index contributed by atoms with van der Waals surface area (Å²) in [6, 6.07) is -0.648. The van der Waals surface area contributed by atoms with Crippen molar-refractivity contribution in [3.63, 3.8) is 0 Å². The largest absolute Gasteiger partial charge is 0.471 e. The third-order valence-electron chi connectivity index (χ3n) is 2.33. The van der Waals surface area contributed by atoms with Gasteiger partial charge in [0, 0.05) is 19.1 Å². The summed E-state index contributed by atoms with van der Waals surface area (Å²) < 4.78 is 60.6. The fourth-order valence-electron chi connectivity index (χ4n) is 1.74. The first-order valence-corrected chi connectivity index (χ1v) is 6.82. The van der Waals surface area contributed by atoms with E-state index in [0.717, 1.165) is 6.26 Å². The molecule has 1 amide bonds. The minimum atomic E-state index is -4.91. The molecule has 0 bridgehead atoms. The van der Waals surface area contributed by atoms with Gasteiger partial charge in [0.15, 0.2) is 0 Å². The maximum Gasteiger partial charge on any atom is 0.471 e. The van der Waals surface area contributed by atoms with Crippen molar-refractivity contribution >= 4 is 15.9 Å². The Hall–Kier alpha value is -0.830. The molecule has 0 spiro atoms. The molecule has 1 aliphatic rings. The Morgan fingerprint density at radius 1 is 1.41 bits per heavy atom. The third kappa shape index (κ3) is 4.50. The normalized spacial score (nSPS) is 22.6. The van der Waals surface area contributed by atoms with E-state index in [-0.39, 0.29) is 13.1 Å². The van der Waals surface area contributed by atoms with Gasteiger partial charge in [0.25, 0.3) is 0 Å². The minimum absolute atomic E-state index is 0.000283. The summed E-state index contributed by atoms with van der Waals surface area (Å²) in [4.78, 5) is 11.6. The van der Waals surface area contributed by atoms with E-state index in [0.29, 0.717) is 17.7 Å². The van der Waals surface area contributed by atoms with E-state index in [1.54, 1.807) is 0 Å². The van der Waals surface area contributed by atoms with Crippen molar-refractivity contribution in [2.45, 2.75) is 25.1 Å². The SMILES string of the molecule is CS(=O)(=O)NC1CCCN(C(=O)C(F)(F)F)C1. The molecule has 100 valence electrons.